The van der Waals surface area contributed by atoms with Crippen molar-refractivity contribution in [2.45, 2.75) is 25.8 Å². The molecule has 0 saturated carbocycles. The van der Waals surface area contributed by atoms with Gasteiger partial charge in [-0.3, -0.25) is 9.48 Å². The van der Waals surface area contributed by atoms with E-state index in [9.17, 15) is 4.79 Å². The van der Waals surface area contributed by atoms with Gasteiger partial charge < -0.3 is 4.90 Å². The minimum atomic E-state index is 0.222. The molecule has 1 aromatic heterocycles. The van der Waals surface area contributed by atoms with Gasteiger partial charge in [-0.1, -0.05) is 18.2 Å². The van der Waals surface area contributed by atoms with E-state index in [4.69, 9.17) is 5.10 Å². The molecule has 2 saturated heterocycles. The highest BCUT2D eigenvalue weighted by Crippen LogP contribution is 2.40. The van der Waals surface area contributed by atoms with Crippen molar-refractivity contribution in [1.29, 1.82) is 0 Å². The second kappa shape index (κ2) is 7.36. The van der Waals surface area contributed by atoms with E-state index in [0.717, 1.165) is 61.9 Å². The molecule has 2 aromatic rings. The molecule has 0 N–H and O–H groups in total. The number of rotatable bonds is 3. The Hall–Kier alpha value is -2.35. The zero-order valence-corrected chi connectivity index (χ0v) is 18.7. The molecular formula is C24H28N5OS+. The Balaban J connectivity index is 1.20. The lowest BCUT2D eigenvalue weighted by Gasteiger charge is -2.43. The van der Waals surface area contributed by atoms with E-state index in [1.807, 2.05) is 16.7 Å². The molecule has 160 valence electrons. The summed E-state index contributed by atoms with van der Waals surface area (Å²) in [5, 5.41) is 8.68. The fraction of sp³-hybridized carbons (Fsp3) is 0.417. The van der Waals surface area contributed by atoms with Crippen LogP contribution in [0.3, 0.4) is 0 Å². The predicted octanol–water partition coefficient (Wildman–Crippen LogP) is 3.60. The van der Waals surface area contributed by atoms with E-state index in [2.05, 4.69) is 65.3 Å². The zero-order chi connectivity index (χ0) is 21.0. The van der Waals surface area contributed by atoms with Crippen molar-refractivity contribution in [2.75, 3.05) is 37.8 Å². The summed E-state index contributed by atoms with van der Waals surface area (Å²) in [6, 6.07) is 8.97. The Kier molecular flexibility index (Phi) is 4.59. The van der Waals surface area contributed by atoms with E-state index < -0.39 is 0 Å². The molecule has 0 spiro atoms. The van der Waals surface area contributed by atoms with E-state index >= 15 is 0 Å². The van der Waals surface area contributed by atoms with Crippen LogP contribution < -0.4 is 0 Å². The van der Waals surface area contributed by atoms with Crippen molar-refractivity contribution in [3.8, 4) is 0 Å². The highest BCUT2D eigenvalue weighted by atomic mass is 32.2. The van der Waals surface area contributed by atoms with Gasteiger partial charge in [-0.25, -0.2) is 0 Å². The summed E-state index contributed by atoms with van der Waals surface area (Å²) < 4.78 is 2.94. The van der Waals surface area contributed by atoms with E-state index in [1.54, 1.807) is 0 Å². The third-order valence-corrected chi connectivity index (χ3v) is 8.15. The number of benzene rings is 1. The van der Waals surface area contributed by atoms with Gasteiger partial charge in [0.15, 0.2) is 5.70 Å². The Morgan fingerprint density at radius 3 is 2.84 bits per heavy atom. The summed E-state index contributed by atoms with van der Waals surface area (Å²) in [6.07, 6.45) is 10.9. The smallest absolute Gasteiger partial charge is 0.256 e. The first-order valence-electron chi connectivity index (χ1n) is 11.2. The predicted molar refractivity (Wildman–Crippen MR) is 124 cm³/mol. The summed E-state index contributed by atoms with van der Waals surface area (Å²) in [5.74, 6) is 2.10. The molecule has 4 aliphatic heterocycles. The van der Waals surface area contributed by atoms with Crippen LogP contribution in [0.2, 0.25) is 0 Å². The van der Waals surface area contributed by atoms with Crippen molar-refractivity contribution in [3.05, 3.63) is 65.7 Å². The summed E-state index contributed by atoms with van der Waals surface area (Å²) in [5.41, 5.74) is 4.54. The first-order chi connectivity index (χ1) is 15.2. The first kappa shape index (κ1) is 19.3. The normalized spacial score (nSPS) is 26.5. The molecule has 6 nitrogen and oxygen atoms in total. The van der Waals surface area contributed by atoms with Crippen LogP contribution in [0.5, 0.6) is 0 Å². The summed E-state index contributed by atoms with van der Waals surface area (Å²) >= 11 is 1.84. The molecule has 2 fully saturated rings. The number of thioether (sulfide) groups is 1. The van der Waals surface area contributed by atoms with Gasteiger partial charge in [0.05, 0.1) is 41.8 Å². The van der Waals surface area contributed by atoms with Gasteiger partial charge in [-0.2, -0.15) is 9.69 Å². The molecule has 31 heavy (non-hydrogen) atoms. The lowest BCUT2D eigenvalue weighted by molar-refractivity contribution is -0.949. The maximum absolute atomic E-state index is 13.0. The van der Waals surface area contributed by atoms with Gasteiger partial charge in [0.1, 0.15) is 12.7 Å². The molecule has 5 heterocycles. The highest BCUT2D eigenvalue weighted by molar-refractivity contribution is 7.99. The monoisotopic (exact) mass is 434 g/mol. The maximum Gasteiger partial charge on any atom is 0.256 e. The molecule has 0 unspecified atom stereocenters. The largest absolute Gasteiger partial charge is 0.329 e. The molecule has 0 radical (unpaired) electrons. The molecule has 7 heteroatoms. The highest BCUT2D eigenvalue weighted by Gasteiger charge is 2.48. The minimum absolute atomic E-state index is 0.222. The number of piperidine rings is 1. The van der Waals surface area contributed by atoms with Crippen LogP contribution in [0.1, 0.15) is 24.6 Å². The molecule has 6 rings (SSSR count). The Bertz CT molecular complexity index is 1130. The molecule has 1 amide bonds. The molecule has 1 aromatic carbocycles. The van der Waals surface area contributed by atoms with Crippen LogP contribution in [0, 0.1) is 6.92 Å². The summed E-state index contributed by atoms with van der Waals surface area (Å²) in [7, 11) is 0. The number of carbonyl (C=O) groups is 1. The van der Waals surface area contributed by atoms with Crippen LogP contribution in [0.15, 0.2) is 60.0 Å². The lowest BCUT2D eigenvalue weighted by Crippen LogP contribution is -2.56. The third-order valence-electron chi connectivity index (χ3n) is 7.18. The van der Waals surface area contributed by atoms with Crippen molar-refractivity contribution in [2.24, 2.45) is 0 Å². The topological polar surface area (TPSA) is 41.4 Å². The maximum atomic E-state index is 13.0. The molecule has 0 bridgehead atoms. The SMILES string of the molecule is Cc1nn(C2CCN([N@@+]34C=CC=C3C=C(C(=O)N3CCSC3)C4)CC2)c2ccccc12. The summed E-state index contributed by atoms with van der Waals surface area (Å²) in [6.45, 7) is 5.71. The number of carbonyl (C=O) groups excluding carboxylic acids is 1. The fourth-order valence-electron chi connectivity index (χ4n) is 5.53. The van der Waals surface area contributed by atoms with Crippen LogP contribution in [-0.2, 0) is 4.79 Å². The minimum Gasteiger partial charge on any atom is -0.329 e. The standard InChI is InChI=1S/C24H28N5OS/c1-18-22-6-2-3-7-23(22)28(25-18)20-8-10-27(11-9-20)29-13-4-5-21(29)15-19(16-29)24(30)26-12-14-31-17-26/h2-7,13,15,20H,8-12,14,16-17H2,1H3/q+1/t29-/m1/s1. The number of quaternary nitrogens is 1. The van der Waals surface area contributed by atoms with E-state index in [-0.39, 0.29) is 5.91 Å². The zero-order valence-electron chi connectivity index (χ0n) is 17.9. The number of nitrogens with zero attached hydrogens (tertiary/aromatic N) is 5. The van der Waals surface area contributed by atoms with Crippen LogP contribution in [-0.4, -0.2) is 68.0 Å². The summed E-state index contributed by atoms with van der Waals surface area (Å²) in [4.78, 5) is 15.0. The second-order valence-electron chi connectivity index (χ2n) is 8.93. The van der Waals surface area contributed by atoms with Crippen molar-refractivity contribution < 1.29 is 9.39 Å². The van der Waals surface area contributed by atoms with E-state index in [1.165, 1.54) is 16.6 Å². The second-order valence-corrected chi connectivity index (χ2v) is 10.0. The van der Waals surface area contributed by atoms with Gasteiger partial charge in [-0.15, -0.1) is 16.8 Å². The van der Waals surface area contributed by atoms with Crippen molar-refractivity contribution in [3.63, 3.8) is 0 Å². The first-order valence-corrected chi connectivity index (χ1v) is 12.4. The average Bonchev–Trinajstić information content (AvgIpc) is 3.57. The van der Waals surface area contributed by atoms with Gasteiger partial charge in [0, 0.05) is 29.8 Å². The van der Waals surface area contributed by atoms with Gasteiger partial charge >= 0.3 is 0 Å². The third kappa shape index (κ3) is 3.02. The Labute approximate surface area is 187 Å². The number of hydrogen-bond acceptors (Lipinski definition) is 4. The lowest BCUT2D eigenvalue weighted by atomic mass is 10.1. The number of aryl methyl sites for hydroxylation is 1. The van der Waals surface area contributed by atoms with Gasteiger partial charge in [0.2, 0.25) is 0 Å². The van der Waals surface area contributed by atoms with Crippen LogP contribution >= 0.6 is 11.8 Å². The Morgan fingerprint density at radius 2 is 2.03 bits per heavy atom. The molecule has 1 atom stereocenters. The van der Waals surface area contributed by atoms with Crippen molar-refractivity contribution >= 4 is 28.6 Å². The number of allylic oxidation sites excluding steroid dienone is 3. The molecular weight excluding hydrogens is 406 g/mol. The van der Waals surface area contributed by atoms with Crippen LogP contribution in [0.4, 0.5) is 0 Å². The van der Waals surface area contributed by atoms with Gasteiger partial charge in [0.25, 0.3) is 5.91 Å². The number of para-hydroxylation sites is 1. The number of amides is 1. The molecule has 0 aliphatic carbocycles. The number of hydrogen-bond donors (Lipinski definition) is 0. The van der Waals surface area contributed by atoms with Gasteiger partial charge in [-0.05, 0) is 31.9 Å². The Morgan fingerprint density at radius 1 is 1.19 bits per heavy atom. The number of aromatic nitrogens is 2. The van der Waals surface area contributed by atoms with E-state index in [0.29, 0.717) is 10.6 Å². The fourth-order valence-corrected chi connectivity index (χ4v) is 6.48. The molecule has 4 aliphatic rings. The average molecular weight is 435 g/mol. The number of fused-ring (bicyclic) bond motifs is 2. The quantitative estimate of drug-likeness (QED) is 0.693. The van der Waals surface area contributed by atoms with Crippen LogP contribution in [0.25, 0.3) is 10.9 Å². The van der Waals surface area contributed by atoms with Crippen molar-refractivity contribution in [1.82, 2.24) is 19.7 Å².